The van der Waals surface area contributed by atoms with E-state index in [1.807, 2.05) is 0 Å². The molecule has 18 heavy (non-hydrogen) atoms. The Bertz CT molecular complexity index is 418. The Hall–Kier alpha value is -1.51. The van der Waals surface area contributed by atoms with Crippen molar-refractivity contribution in [3.8, 4) is 6.07 Å². The minimum atomic E-state index is -0.268. The Morgan fingerprint density at radius 3 is 2.39 bits per heavy atom. The molecule has 0 aliphatic carbocycles. The van der Waals surface area contributed by atoms with Crippen molar-refractivity contribution in [1.29, 1.82) is 5.26 Å². The Labute approximate surface area is 107 Å². The lowest BCUT2D eigenvalue weighted by Gasteiger charge is -2.30. The summed E-state index contributed by atoms with van der Waals surface area (Å²) >= 11 is 0. The Kier molecular flexibility index (Phi) is 4.24. The molecule has 1 aromatic rings. The van der Waals surface area contributed by atoms with Gasteiger partial charge in [-0.2, -0.15) is 5.26 Å². The Morgan fingerprint density at radius 1 is 1.28 bits per heavy atom. The van der Waals surface area contributed by atoms with Gasteiger partial charge in [0.1, 0.15) is 11.9 Å². The lowest BCUT2D eigenvalue weighted by atomic mass is 10.1. The van der Waals surface area contributed by atoms with Gasteiger partial charge in [-0.15, -0.1) is 0 Å². The van der Waals surface area contributed by atoms with Crippen LogP contribution in [0.15, 0.2) is 12.4 Å². The van der Waals surface area contributed by atoms with E-state index in [4.69, 9.17) is 4.74 Å². The van der Waals surface area contributed by atoms with Crippen LogP contribution < -0.4 is 0 Å². The van der Waals surface area contributed by atoms with Gasteiger partial charge in [-0.1, -0.05) is 13.8 Å². The smallest absolute Gasteiger partial charge is 0.130 e. The fraction of sp³-hybridized carbons (Fsp3) is 0.615. The quantitative estimate of drug-likeness (QED) is 0.808. The molecule has 1 aliphatic heterocycles. The number of hydrogen-bond donors (Lipinski definition) is 0. The molecule has 0 aromatic carbocycles. The highest BCUT2D eigenvalue weighted by Crippen LogP contribution is 2.20. The van der Waals surface area contributed by atoms with Crippen LogP contribution in [-0.4, -0.2) is 41.2 Å². The van der Waals surface area contributed by atoms with Gasteiger partial charge >= 0.3 is 0 Å². The van der Waals surface area contributed by atoms with Gasteiger partial charge in [0.05, 0.1) is 19.3 Å². The molecule has 2 heterocycles. The molecule has 1 aromatic heterocycles. The number of nitrogens with zero attached hydrogens (tertiary/aromatic N) is 4. The molecule has 96 valence electrons. The molecule has 0 bridgehead atoms. The van der Waals surface area contributed by atoms with Crippen molar-refractivity contribution in [3.63, 3.8) is 0 Å². The summed E-state index contributed by atoms with van der Waals surface area (Å²) in [5, 5.41) is 9.32. The first kappa shape index (κ1) is 12.9. The van der Waals surface area contributed by atoms with E-state index in [1.54, 1.807) is 12.4 Å². The minimum Gasteiger partial charge on any atom is -0.379 e. The van der Waals surface area contributed by atoms with E-state index in [1.165, 1.54) is 0 Å². The third-order valence-corrected chi connectivity index (χ3v) is 3.06. The van der Waals surface area contributed by atoms with Crippen molar-refractivity contribution in [3.05, 3.63) is 23.8 Å². The van der Waals surface area contributed by atoms with Gasteiger partial charge < -0.3 is 4.74 Å². The Morgan fingerprint density at radius 2 is 1.89 bits per heavy atom. The lowest BCUT2D eigenvalue weighted by Crippen LogP contribution is -2.38. The number of hydrogen-bond acceptors (Lipinski definition) is 5. The van der Waals surface area contributed by atoms with Gasteiger partial charge in [-0.25, -0.2) is 9.97 Å². The van der Waals surface area contributed by atoms with Gasteiger partial charge in [0, 0.05) is 37.0 Å². The molecule has 0 spiro atoms. The van der Waals surface area contributed by atoms with E-state index >= 15 is 0 Å². The normalized spacial score (nSPS) is 18.6. The summed E-state index contributed by atoms with van der Waals surface area (Å²) in [6.07, 6.45) is 3.54. The van der Waals surface area contributed by atoms with Crippen molar-refractivity contribution in [2.45, 2.75) is 25.8 Å². The van der Waals surface area contributed by atoms with Crippen LogP contribution in [0.4, 0.5) is 0 Å². The average Bonchev–Trinajstić information content (AvgIpc) is 2.41. The first-order valence-corrected chi connectivity index (χ1v) is 6.25. The standard InChI is InChI=1S/C13H18N4O/c1-10(2)13-15-8-11(9-16-13)12(7-14)17-3-5-18-6-4-17/h8-10,12H,3-6H2,1-2H3. The molecule has 1 saturated heterocycles. The third-order valence-electron chi connectivity index (χ3n) is 3.06. The summed E-state index contributed by atoms with van der Waals surface area (Å²) in [5.41, 5.74) is 0.865. The second-order valence-corrected chi connectivity index (χ2v) is 4.71. The van der Waals surface area contributed by atoms with Crippen molar-refractivity contribution in [1.82, 2.24) is 14.9 Å². The topological polar surface area (TPSA) is 62.0 Å². The van der Waals surface area contributed by atoms with Crippen molar-refractivity contribution >= 4 is 0 Å². The van der Waals surface area contributed by atoms with E-state index in [9.17, 15) is 5.26 Å². The molecule has 1 atom stereocenters. The fourth-order valence-electron chi connectivity index (χ4n) is 1.99. The molecule has 1 fully saturated rings. The highest BCUT2D eigenvalue weighted by atomic mass is 16.5. The maximum atomic E-state index is 9.32. The van der Waals surface area contributed by atoms with Crippen LogP contribution in [0.2, 0.25) is 0 Å². The van der Waals surface area contributed by atoms with Crippen LogP contribution in [-0.2, 0) is 4.74 Å². The largest absolute Gasteiger partial charge is 0.379 e. The van der Waals surface area contributed by atoms with Crippen molar-refractivity contribution in [2.75, 3.05) is 26.3 Å². The minimum absolute atomic E-state index is 0.268. The summed E-state index contributed by atoms with van der Waals surface area (Å²) in [6, 6.07) is 2.06. The Balaban J connectivity index is 2.14. The fourth-order valence-corrected chi connectivity index (χ4v) is 1.99. The molecule has 0 radical (unpaired) electrons. The number of aromatic nitrogens is 2. The summed E-state index contributed by atoms with van der Waals surface area (Å²) in [5.74, 6) is 1.13. The van der Waals surface area contributed by atoms with E-state index in [0.717, 1.165) is 24.5 Å². The molecule has 0 amide bonds. The van der Waals surface area contributed by atoms with Gasteiger partial charge in [-0.05, 0) is 0 Å². The number of rotatable bonds is 3. The molecule has 2 rings (SSSR count). The van der Waals surface area contributed by atoms with E-state index in [-0.39, 0.29) is 6.04 Å². The van der Waals surface area contributed by atoms with E-state index < -0.39 is 0 Å². The van der Waals surface area contributed by atoms with Crippen LogP contribution in [0.1, 0.15) is 37.2 Å². The van der Waals surface area contributed by atoms with Crippen LogP contribution >= 0.6 is 0 Å². The molecular weight excluding hydrogens is 228 g/mol. The van der Waals surface area contributed by atoms with Gasteiger partial charge in [-0.3, -0.25) is 4.90 Å². The SMILES string of the molecule is CC(C)c1ncc(C(C#N)N2CCOCC2)cn1. The summed E-state index contributed by atoms with van der Waals surface area (Å²) < 4.78 is 5.30. The molecule has 5 heteroatoms. The predicted molar refractivity (Wildman–Crippen MR) is 66.9 cm³/mol. The van der Waals surface area contributed by atoms with Gasteiger partial charge in [0.15, 0.2) is 0 Å². The van der Waals surface area contributed by atoms with Crippen molar-refractivity contribution in [2.24, 2.45) is 0 Å². The van der Waals surface area contributed by atoms with E-state index in [2.05, 4.69) is 34.8 Å². The predicted octanol–water partition coefficient (Wildman–Crippen LogP) is 1.50. The first-order valence-electron chi connectivity index (χ1n) is 6.25. The number of morpholine rings is 1. The third kappa shape index (κ3) is 2.84. The molecule has 5 nitrogen and oxygen atoms in total. The maximum Gasteiger partial charge on any atom is 0.130 e. The highest BCUT2D eigenvalue weighted by Gasteiger charge is 2.22. The molecule has 1 unspecified atom stereocenters. The maximum absolute atomic E-state index is 9.32. The van der Waals surface area contributed by atoms with Gasteiger partial charge in [0.2, 0.25) is 0 Å². The zero-order chi connectivity index (χ0) is 13.0. The van der Waals surface area contributed by atoms with Crippen LogP contribution in [0.3, 0.4) is 0 Å². The van der Waals surface area contributed by atoms with Crippen LogP contribution in [0.5, 0.6) is 0 Å². The molecular formula is C13H18N4O. The monoisotopic (exact) mass is 246 g/mol. The van der Waals surface area contributed by atoms with Crippen molar-refractivity contribution < 1.29 is 4.74 Å². The first-order chi connectivity index (χ1) is 8.72. The molecule has 1 aliphatic rings. The summed E-state index contributed by atoms with van der Waals surface area (Å²) in [6.45, 7) is 7.04. The second-order valence-electron chi connectivity index (χ2n) is 4.71. The van der Waals surface area contributed by atoms with Gasteiger partial charge in [0.25, 0.3) is 0 Å². The van der Waals surface area contributed by atoms with Crippen LogP contribution in [0, 0.1) is 11.3 Å². The molecule has 0 saturated carbocycles. The highest BCUT2D eigenvalue weighted by molar-refractivity contribution is 5.19. The number of ether oxygens (including phenoxy) is 1. The summed E-state index contributed by atoms with van der Waals surface area (Å²) in [7, 11) is 0. The zero-order valence-corrected chi connectivity index (χ0v) is 10.8. The number of nitriles is 1. The average molecular weight is 246 g/mol. The summed E-state index contributed by atoms with van der Waals surface area (Å²) in [4.78, 5) is 10.8. The second kappa shape index (κ2) is 5.89. The van der Waals surface area contributed by atoms with E-state index in [0.29, 0.717) is 19.1 Å². The zero-order valence-electron chi connectivity index (χ0n) is 10.8. The lowest BCUT2D eigenvalue weighted by molar-refractivity contribution is 0.0265. The molecule has 0 N–H and O–H groups in total. The van der Waals surface area contributed by atoms with Crippen LogP contribution in [0.25, 0.3) is 0 Å².